The standard InChI is InChI=1S/C22H27N5OS/c1-25-16-23-24-22(25)29-21-9-8-20(28-21)15-26-10-12-27(13-11-26)19-7-6-17-4-2-3-5-18(17)14-19/h2-5,8-9,16,19H,6-7,10-15H2,1H3/t19-/m0/s1. The number of hydrogen-bond acceptors (Lipinski definition) is 6. The average Bonchev–Trinajstić information content (AvgIpc) is 3.37. The van der Waals surface area contributed by atoms with Crippen molar-refractivity contribution in [3.05, 3.63) is 59.6 Å². The Kier molecular flexibility index (Phi) is 5.44. The van der Waals surface area contributed by atoms with Crippen molar-refractivity contribution in [1.82, 2.24) is 24.6 Å². The monoisotopic (exact) mass is 409 g/mol. The topological polar surface area (TPSA) is 50.3 Å². The zero-order valence-electron chi connectivity index (χ0n) is 16.8. The van der Waals surface area contributed by atoms with E-state index < -0.39 is 0 Å². The summed E-state index contributed by atoms with van der Waals surface area (Å²) in [4.78, 5) is 5.20. The molecule has 2 aliphatic rings. The summed E-state index contributed by atoms with van der Waals surface area (Å²) < 4.78 is 7.92. The van der Waals surface area contributed by atoms with E-state index in [0.717, 1.165) is 48.7 Å². The first-order valence-corrected chi connectivity index (χ1v) is 11.2. The molecular weight excluding hydrogens is 382 g/mol. The molecule has 7 heteroatoms. The number of benzene rings is 1. The van der Waals surface area contributed by atoms with Gasteiger partial charge < -0.3 is 8.98 Å². The van der Waals surface area contributed by atoms with E-state index in [0.29, 0.717) is 6.04 Å². The lowest BCUT2D eigenvalue weighted by molar-refractivity contribution is 0.0811. The van der Waals surface area contributed by atoms with E-state index in [4.69, 9.17) is 4.42 Å². The average molecular weight is 410 g/mol. The molecule has 6 nitrogen and oxygen atoms in total. The summed E-state index contributed by atoms with van der Waals surface area (Å²) in [6.45, 7) is 5.37. The summed E-state index contributed by atoms with van der Waals surface area (Å²) in [7, 11) is 1.94. The molecule has 1 aliphatic heterocycles. The first-order valence-electron chi connectivity index (χ1n) is 10.4. The molecule has 1 atom stereocenters. The number of hydrogen-bond donors (Lipinski definition) is 0. The normalized spacial score (nSPS) is 20.7. The zero-order valence-corrected chi connectivity index (χ0v) is 17.6. The molecule has 0 N–H and O–H groups in total. The van der Waals surface area contributed by atoms with Crippen LogP contribution >= 0.6 is 11.8 Å². The Morgan fingerprint density at radius 1 is 1.07 bits per heavy atom. The number of nitrogens with zero attached hydrogens (tertiary/aromatic N) is 5. The van der Waals surface area contributed by atoms with Crippen molar-refractivity contribution in [1.29, 1.82) is 0 Å². The number of fused-ring (bicyclic) bond motifs is 1. The highest BCUT2D eigenvalue weighted by Crippen LogP contribution is 2.28. The van der Waals surface area contributed by atoms with Crippen molar-refractivity contribution in [2.75, 3.05) is 26.2 Å². The van der Waals surface area contributed by atoms with Gasteiger partial charge in [0.2, 0.25) is 0 Å². The second-order valence-electron chi connectivity index (χ2n) is 8.02. The molecule has 3 aromatic rings. The molecule has 0 saturated carbocycles. The van der Waals surface area contributed by atoms with Gasteiger partial charge in [-0.1, -0.05) is 24.3 Å². The van der Waals surface area contributed by atoms with Gasteiger partial charge in [-0.15, -0.1) is 10.2 Å². The van der Waals surface area contributed by atoms with Crippen molar-refractivity contribution < 1.29 is 4.42 Å². The SMILES string of the molecule is Cn1cnnc1Sc1ccc(CN2CCN([C@H]3CCc4ccccc4C3)CC2)o1. The first-order chi connectivity index (χ1) is 14.2. The van der Waals surface area contributed by atoms with E-state index in [9.17, 15) is 0 Å². The maximum Gasteiger partial charge on any atom is 0.198 e. The van der Waals surface area contributed by atoms with Crippen LogP contribution in [0.4, 0.5) is 0 Å². The van der Waals surface area contributed by atoms with Crippen LogP contribution in [0.1, 0.15) is 23.3 Å². The number of rotatable bonds is 5. The molecule has 1 aliphatic carbocycles. The van der Waals surface area contributed by atoms with Crippen LogP contribution in [-0.4, -0.2) is 56.8 Å². The third-order valence-corrected chi connectivity index (χ3v) is 7.10. The largest absolute Gasteiger partial charge is 0.453 e. The number of piperazine rings is 1. The molecule has 0 bridgehead atoms. The van der Waals surface area contributed by atoms with E-state index in [1.54, 1.807) is 17.5 Å². The fraction of sp³-hybridized carbons (Fsp3) is 0.455. The van der Waals surface area contributed by atoms with Gasteiger partial charge in [-0.3, -0.25) is 9.80 Å². The van der Waals surface area contributed by atoms with Crippen LogP contribution in [0.25, 0.3) is 0 Å². The fourth-order valence-corrected chi connectivity index (χ4v) is 5.19. The summed E-state index contributed by atoms with van der Waals surface area (Å²) in [5.74, 6) is 1.02. The second kappa shape index (κ2) is 8.34. The van der Waals surface area contributed by atoms with Crippen LogP contribution in [0.15, 0.2) is 57.4 Å². The van der Waals surface area contributed by atoms with Gasteiger partial charge in [0, 0.05) is 39.3 Å². The van der Waals surface area contributed by atoms with E-state index in [2.05, 4.69) is 50.3 Å². The lowest BCUT2D eigenvalue weighted by Crippen LogP contribution is -2.51. The highest BCUT2D eigenvalue weighted by molar-refractivity contribution is 7.99. The van der Waals surface area contributed by atoms with Gasteiger partial charge in [-0.25, -0.2) is 0 Å². The zero-order chi connectivity index (χ0) is 19.6. The number of aryl methyl sites for hydroxylation is 2. The minimum absolute atomic E-state index is 0.699. The van der Waals surface area contributed by atoms with Crippen molar-refractivity contribution in [3.8, 4) is 0 Å². The van der Waals surface area contributed by atoms with Crippen LogP contribution in [-0.2, 0) is 26.4 Å². The lowest BCUT2D eigenvalue weighted by atomic mass is 9.87. The Morgan fingerprint density at radius 3 is 2.69 bits per heavy atom. The molecule has 0 radical (unpaired) electrons. The fourth-order valence-electron chi connectivity index (χ4n) is 4.45. The molecule has 1 saturated heterocycles. The molecule has 29 heavy (non-hydrogen) atoms. The highest BCUT2D eigenvalue weighted by Gasteiger charge is 2.27. The molecule has 0 unspecified atom stereocenters. The summed E-state index contributed by atoms with van der Waals surface area (Å²) >= 11 is 1.51. The van der Waals surface area contributed by atoms with Crippen molar-refractivity contribution >= 4 is 11.8 Å². The minimum atomic E-state index is 0.699. The van der Waals surface area contributed by atoms with E-state index >= 15 is 0 Å². The third kappa shape index (κ3) is 4.27. The summed E-state index contributed by atoms with van der Waals surface area (Å²) in [5.41, 5.74) is 3.10. The van der Waals surface area contributed by atoms with Crippen LogP contribution in [0.5, 0.6) is 0 Å². The Labute approximate surface area is 175 Å². The Hall–Kier alpha value is -2.09. The van der Waals surface area contributed by atoms with Crippen molar-refractivity contribution in [3.63, 3.8) is 0 Å². The molecule has 1 aromatic carbocycles. The minimum Gasteiger partial charge on any atom is -0.453 e. The maximum atomic E-state index is 6.02. The van der Waals surface area contributed by atoms with Gasteiger partial charge in [0.25, 0.3) is 0 Å². The molecule has 152 valence electrons. The first kappa shape index (κ1) is 18.9. The maximum absolute atomic E-state index is 6.02. The van der Waals surface area contributed by atoms with Crippen molar-refractivity contribution in [2.45, 2.75) is 42.1 Å². The van der Waals surface area contributed by atoms with Gasteiger partial charge >= 0.3 is 0 Å². The molecule has 3 heterocycles. The Balaban J connectivity index is 1.13. The van der Waals surface area contributed by atoms with Crippen LogP contribution in [0.3, 0.4) is 0 Å². The Morgan fingerprint density at radius 2 is 1.90 bits per heavy atom. The summed E-state index contributed by atoms with van der Waals surface area (Å²) in [5, 5.41) is 9.73. The molecule has 5 rings (SSSR count). The van der Waals surface area contributed by atoms with Crippen LogP contribution in [0, 0.1) is 0 Å². The Bertz CT molecular complexity index is 960. The number of aromatic nitrogens is 3. The smallest absolute Gasteiger partial charge is 0.198 e. The van der Waals surface area contributed by atoms with Crippen LogP contribution in [0.2, 0.25) is 0 Å². The summed E-state index contributed by atoms with van der Waals surface area (Å²) in [6, 6.07) is 13.8. The quantitative estimate of drug-likeness (QED) is 0.645. The van der Waals surface area contributed by atoms with E-state index in [1.807, 2.05) is 17.7 Å². The van der Waals surface area contributed by atoms with Gasteiger partial charge in [0.05, 0.1) is 6.54 Å². The molecular formula is C22H27N5OS. The van der Waals surface area contributed by atoms with E-state index in [-0.39, 0.29) is 0 Å². The third-order valence-electron chi connectivity index (χ3n) is 6.12. The molecule has 2 aromatic heterocycles. The predicted octanol–water partition coefficient (Wildman–Crippen LogP) is 3.23. The van der Waals surface area contributed by atoms with Crippen LogP contribution < -0.4 is 0 Å². The predicted molar refractivity (Wildman–Crippen MR) is 113 cm³/mol. The van der Waals surface area contributed by atoms with Gasteiger partial charge in [0.15, 0.2) is 10.2 Å². The second-order valence-corrected chi connectivity index (χ2v) is 9.00. The van der Waals surface area contributed by atoms with E-state index in [1.165, 1.54) is 31.0 Å². The van der Waals surface area contributed by atoms with Crippen molar-refractivity contribution in [2.24, 2.45) is 7.05 Å². The van der Waals surface area contributed by atoms with Gasteiger partial charge in [-0.2, -0.15) is 0 Å². The summed E-state index contributed by atoms with van der Waals surface area (Å²) in [6.07, 6.45) is 5.42. The lowest BCUT2D eigenvalue weighted by Gasteiger charge is -2.41. The van der Waals surface area contributed by atoms with Gasteiger partial charge in [-0.05, 0) is 54.3 Å². The molecule has 0 amide bonds. The van der Waals surface area contributed by atoms with Gasteiger partial charge in [0.1, 0.15) is 12.1 Å². The molecule has 0 spiro atoms. The number of furan rings is 1. The highest BCUT2D eigenvalue weighted by atomic mass is 32.2. The molecule has 1 fully saturated rings.